The van der Waals surface area contributed by atoms with Crippen LogP contribution in [0.2, 0.25) is 0 Å². The van der Waals surface area contributed by atoms with Crippen molar-refractivity contribution < 1.29 is 19.2 Å². The second-order valence-corrected chi connectivity index (χ2v) is 8.78. The van der Waals surface area contributed by atoms with Crippen LogP contribution in [0.3, 0.4) is 0 Å². The lowest BCUT2D eigenvalue weighted by atomic mass is 10.1. The van der Waals surface area contributed by atoms with E-state index in [0.29, 0.717) is 48.9 Å². The van der Waals surface area contributed by atoms with E-state index < -0.39 is 10.8 Å². The summed E-state index contributed by atoms with van der Waals surface area (Å²) in [7, 11) is 0. The zero-order chi connectivity index (χ0) is 26.4. The van der Waals surface area contributed by atoms with Gasteiger partial charge in [-0.1, -0.05) is 17.7 Å². The van der Waals surface area contributed by atoms with Gasteiger partial charge in [0.15, 0.2) is 5.11 Å². The molecule has 0 spiro atoms. The number of nitrogens with one attached hydrogen (secondary N) is 3. The average molecular weight is 520 g/mol. The Bertz CT molecular complexity index is 1340. The number of non-ortho nitro benzene ring substituents is 1. The second-order valence-electron chi connectivity index (χ2n) is 8.37. The van der Waals surface area contributed by atoms with Crippen LogP contribution >= 0.6 is 12.2 Å². The summed E-state index contributed by atoms with van der Waals surface area (Å²) in [5, 5.41) is 19.7. The highest BCUT2D eigenvalue weighted by Crippen LogP contribution is 2.26. The van der Waals surface area contributed by atoms with Crippen LogP contribution in [-0.2, 0) is 4.74 Å². The Labute approximate surface area is 218 Å². The monoisotopic (exact) mass is 519 g/mol. The molecule has 1 aliphatic rings. The van der Waals surface area contributed by atoms with E-state index in [0.717, 1.165) is 5.56 Å². The molecule has 0 atom stereocenters. The second kappa shape index (κ2) is 11.6. The van der Waals surface area contributed by atoms with Crippen molar-refractivity contribution >= 4 is 51.9 Å². The summed E-state index contributed by atoms with van der Waals surface area (Å²) in [6.45, 7) is 4.04. The fraction of sp³-hybridized carbons (Fsp3) is 0.192. The number of thiocarbonyl (C=S) groups is 1. The first-order valence-electron chi connectivity index (χ1n) is 11.5. The topological polar surface area (TPSA) is 126 Å². The number of ether oxygens (including phenoxy) is 1. The van der Waals surface area contributed by atoms with Gasteiger partial charge in [-0.15, -0.1) is 0 Å². The van der Waals surface area contributed by atoms with Crippen molar-refractivity contribution in [2.45, 2.75) is 6.92 Å². The molecule has 190 valence electrons. The minimum atomic E-state index is -0.565. The number of nitrogens with zero attached hydrogens (tertiary/aromatic N) is 2. The quantitative estimate of drug-likeness (QED) is 0.252. The van der Waals surface area contributed by atoms with Crippen molar-refractivity contribution in [2.24, 2.45) is 0 Å². The lowest BCUT2D eigenvalue weighted by Crippen LogP contribution is -2.39. The lowest BCUT2D eigenvalue weighted by molar-refractivity contribution is -0.384. The minimum Gasteiger partial charge on any atom is -0.378 e. The number of anilines is 3. The number of aryl methyl sites for hydroxylation is 1. The highest BCUT2D eigenvalue weighted by molar-refractivity contribution is 7.80. The van der Waals surface area contributed by atoms with Crippen molar-refractivity contribution in [2.75, 3.05) is 41.8 Å². The van der Waals surface area contributed by atoms with E-state index in [2.05, 4.69) is 16.0 Å². The largest absolute Gasteiger partial charge is 0.378 e. The molecule has 2 amide bonds. The Morgan fingerprint density at radius 2 is 1.62 bits per heavy atom. The maximum absolute atomic E-state index is 13.1. The molecule has 0 radical (unpaired) electrons. The molecule has 3 aromatic carbocycles. The Morgan fingerprint density at radius 1 is 0.946 bits per heavy atom. The maximum atomic E-state index is 13.1. The molecule has 0 bridgehead atoms. The van der Waals surface area contributed by atoms with Crippen LogP contribution < -0.4 is 20.9 Å². The van der Waals surface area contributed by atoms with E-state index in [1.807, 2.05) is 24.0 Å². The van der Waals surface area contributed by atoms with Crippen LogP contribution in [0.4, 0.5) is 22.7 Å². The number of amides is 2. The average Bonchev–Trinajstić information content (AvgIpc) is 2.89. The summed E-state index contributed by atoms with van der Waals surface area (Å²) < 4.78 is 5.37. The summed E-state index contributed by atoms with van der Waals surface area (Å²) in [4.78, 5) is 38.2. The molecule has 4 rings (SSSR count). The molecule has 10 nitrogen and oxygen atoms in total. The number of rotatable bonds is 6. The number of benzene rings is 3. The predicted molar refractivity (Wildman–Crippen MR) is 145 cm³/mol. The summed E-state index contributed by atoms with van der Waals surface area (Å²) in [5.74, 6) is -0.787. The van der Waals surface area contributed by atoms with Crippen LogP contribution in [0.1, 0.15) is 26.3 Å². The third-order valence-electron chi connectivity index (χ3n) is 5.70. The molecular formula is C26H25N5O5S. The normalized spacial score (nSPS) is 12.9. The Kier molecular flexibility index (Phi) is 8.06. The molecular weight excluding hydrogens is 494 g/mol. The maximum Gasteiger partial charge on any atom is 0.270 e. The fourth-order valence-electron chi connectivity index (χ4n) is 3.86. The summed E-state index contributed by atoms with van der Waals surface area (Å²) in [6.07, 6.45) is 0. The molecule has 1 heterocycles. The summed E-state index contributed by atoms with van der Waals surface area (Å²) in [5.41, 5.74) is 3.26. The van der Waals surface area contributed by atoms with Gasteiger partial charge < -0.3 is 20.3 Å². The van der Waals surface area contributed by atoms with E-state index in [1.54, 1.807) is 42.5 Å². The van der Waals surface area contributed by atoms with Crippen LogP contribution in [0, 0.1) is 17.0 Å². The molecule has 1 fully saturated rings. The third kappa shape index (κ3) is 6.66. The number of hydrogen-bond donors (Lipinski definition) is 3. The van der Waals surface area contributed by atoms with Crippen LogP contribution in [0.5, 0.6) is 0 Å². The first kappa shape index (κ1) is 25.7. The first-order chi connectivity index (χ1) is 17.8. The van der Waals surface area contributed by atoms with Crippen LogP contribution in [0.15, 0.2) is 66.7 Å². The third-order valence-corrected chi connectivity index (χ3v) is 5.90. The van der Waals surface area contributed by atoms with Crippen LogP contribution in [-0.4, -0.2) is 48.2 Å². The molecule has 3 N–H and O–H groups in total. The summed E-state index contributed by atoms with van der Waals surface area (Å²) >= 11 is 5.30. The van der Waals surface area contributed by atoms with Crippen molar-refractivity contribution in [1.29, 1.82) is 0 Å². The highest BCUT2D eigenvalue weighted by Gasteiger charge is 2.22. The highest BCUT2D eigenvalue weighted by atomic mass is 32.1. The zero-order valence-corrected chi connectivity index (χ0v) is 20.8. The van der Waals surface area contributed by atoms with Gasteiger partial charge in [-0.25, -0.2) is 0 Å². The van der Waals surface area contributed by atoms with E-state index in [4.69, 9.17) is 17.0 Å². The van der Waals surface area contributed by atoms with E-state index in [-0.39, 0.29) is 22.3 Å². The van der Waals surface area contributed by atoms with Gasteiger partial charge in [0.1, 0.15) is 0 Å². The molecule has 0 aromatic heterocycles. The number of carbonyl (C=O) groups excluding carboxylic acids is 2. The number of nitro benzene ring substituents is 1. The molecule has 3 aromatic rings. The molecule has 1 saturated heterocycles. The van der Waals surface area contributed by atoms with Crippen LogP contribution in [0.25, 0.3) is 0 Å². The smallest absolute Gasteiger partial charge is 0.270 e. The molecule has 0 unspecified atom stereocenters. The molecule has 11 heteroatoms. The van der Waals surface area contributed by atoms with E-state index >= 15 is 0 Å². The Hall–Kier alpha value is -4.35. The van der Waals surface area contributed by atoms with Gasteiger partial charge in [0.05, 0.1) is 29.4 Å². The standard InChI is InChI=1S/C26H25N5O5S/c1-17-3-2-4-18(15-17)24(32)27-19-5-7-20(8-6-19)28-26(37)29-25(33)22-16-21(31(34)35)9-10-23(22)30-11-13-36-14-12-30/h2-10,15-16H,11-14H2,1H3,(H,27,32)(H2,28,29,33,37). The SMILES string of the molecule is Cc1cccc(C(=O)Nc2ccc(NC(=S)NC(=O)c3cc([N+](=O)[O-])ccc3N3CCOCC3)cc2)c1. The van der Waals surface area contributed by atoms with Crippen molar-refractivity contribution in [1.82, 2.24) is 5.32 Å². The van der Waals surface area contributed by atoms with E-state index in [9.17, 15) is 19.7 Å². The minimum absolute atomic E-state index is 0.0287. The Balaban J connectivity index is 1.40. The van der Waals surface area contributed by atoms with Crippen molar-refractivity contribution in [3.63, 3.8) is 0 Å². The van der Waals surface area contributed by atoms with Gasteiger partial charge in [0.2, 0.25) is 0 Å². The predicted octanol–water partition coefficient (Wildman–Crippen LogP) is 4.12. The van der Waals surface area contributed by atoms with E-state index in [1.165, 1.54) is 12.1 Å². The number of morpholine rings is 1. The van der Waals surface area contributed by atoms with Gasteiger partial charge in [-0.2, -0.15) is 0 Å². The van der Waals surface area contributed by atoms with Gasteiger partial charge >= 0.3 is 0 Å². The van der Waals surface area contributed by atoms with Gasteiger partial charge in [-0.3, -0.25) is 25.0 Å². The van der Waals surface area contributed by atoms with Gasteiger partial charge in [0, 0.05) is 42.2 Å². The van der Waals surface area contributed by atoms with Crippen molar-refractivity contribution in [3.8, 4) is 0 Å². The number of nitro groups is 1. The molecule has 0 aliphatic carbocycles. The van der Waals surface area contributed by atoms with Crippen molar-refractivity contribution in [3.05, 3.63) is 93.5 Å². The first-order valence-corrected chi connectivity index (χ1v) is 11.9. The van der Waals surface area contributed by atoms with Gasteiger partial charge in [0.25, 0.3) is 17.5 Å². The number of hydrogen-bond acceptors (Lipinski definition) is 7. The molecule has 1 aliphatic heterocycles. The summed E-state index contributed by atoms with van der Waals surface area (Å²) in [6, 6.07) is 18.3. The fourth-order valence-corrected chi connectivity index (χ4v) is 4.07. The Morgan fingerprint density at radius 3 is 2.27 bits per heavy atom. The number of carbonyl (C=O) groups is 2. The molecule has 37 heavy (non-hydrogen) atoms. The van der Waals surface area contributed by atoms with Gasteiger partial charge in [-0.05, 0) is 61.6 Å². The lowest BCUT2D eigenvalue weighted by Gasteiger charge is -2.30. The molecule has 0 saturated carbocycles. The zero-order valence-electron chi connectivity index (χ0n) is 20.0.